The topological polar surface area (TPSA) is 70.8 Å². The number of hydrogen-bond donors (Lipinski definition) is 2. The molecular formula is C25H31FN4O2. The van der Waals surface area contributed by atoms with Gasteiger partial charge in [0.15, 0.2) is 0 Å². The van der Waals surface area contributed by atoms with Crippen LogP contribution >= 0.6 is 0 Å². The van der Waals surface area contributed by atoms with Crippen molar-refractivity contribution in [2.75, 3.05) is 33.4 Å². The van der Waals surface area contributed by atoms with E-state index >= 15 is 0 Å². The number of nitrogens with two attached hydrogens (primary N) is 1. The highest BCUT2D eigenvalue weighted by Crippen LogP contribution is 2.31. The molecule has 0 unspecified atom stereocenters. The van der Waals surface area contributed by atoms with E-state index < -0.39 is 0 Å². The summed E-state index contributed by atoms with van der Waals surface area (Å²) in [6, 6.07) is 12.3. The number of hydrazine groups is 1. The molecule has 7 heteroatoms. The Balaban J connectivity index is 1.55. The van der Waals surface area contributed by atoms with Gasteiger partial charge in [0.1, 0.15) is 5.82 Å². The molecule has 0 bridgehead atoms. The Morgan fingerprint density at radius 3 is 2.84 bits per heavy atom. The Morgan fingerprint density at radius 1 is 1.25 bits per heavy atom. The molecule has 3 N–H and O–H groups in total. The summed E-state index contributed by atoms with van der Waals surface area (Å²) in [4.78, 5) is 14.9. The molecule has 4 rings (SSSR count). The first-order valence-corrected chi connectivity index (χ1v) is 11.2. The molecule has 1 amide bonds. The van der Waals surface area contributed by atoms with Crippen LogP contribution in [0.25, 0.3) is 5.70 Å². The van der Waals surface area contributed by atoms with Crippen LogP contribution in [0.3, 0.4) is 0 Å². The quantitative estimate of drug-likeness (QED) is 0.589. The summed E-state index contributed by atoms with van der Waals surface area (Å²) in [5.41, 5.74) is 15.3. The monoisotopic (exact) mass is 438 g/mol. The molecule has 0 saturated heterocycles. The summed E-state index contributed by atoms with van der Waals surface area (Å²) < 4.78 is 19.4. The second-order valence-electron chi connectivity index (χ2n) is 8.43. The Bertz CT molecular complexity index is 1020. The molecule has 0 fully saturated rings. The number of fused-ring (bicyclic) bond motifs is 1. The number of carbonyl (C=O) groups is 1. The minimum Gasteiger partial charge on any atom is -0.377 e. The Morgan fingerprint density at radius 2 is 2.09 bits per heavy atom. The largest absolute Gasteiger partial charge is 0.377 e. The average molecular weight is 439 g/mol. The molecule has 2 aliphatic rings. The van der Waals surface area contributed by atoms with Crippen molar-refractivity contribution in [3.8, 4) is 0 Å². The van der Waals surface area contributed by atoms with Crippen LogP contribution in [-0.4, -0.2) is 55.2 Å². The maximum Gasteiger partial charge on any atom is 0.254 e. The molecule has 0 radical (unpaired) electrons. The van der Waals surface area contributed by atoms with Gasteiger partial charge in [0.2, 0.25) is 0 Å². The Hall–Kier alpha value is -2.74. The molecule has 170 valence electrons. The normalized spacial score (nSPS) is 16.8. The van der Waals surface area contributed by atoms with Gasteiger partial charge in [-0.15, -0.1) is 0 Å². The second-order valence-corrected chi connectivity index (χ2v) is 8.43. The summed E-state index contributed by atoms with van der Waals surface area (Å²) in [6.45, 7) is 5.00. The molecule has 2 heterocycles. The van der Waals surface area contributed by atoms with Crippen molar-refractivity contribution in [1.82, 2.24) is 15.3 Å². The van der Waals surface area contributed by atoms with E-state index in [4.69, 9.17) is 10.5 Å². The fourth-order valence-corrected chi connectivity index (χ4v) is 4.51. The number of nitrogens with one attached hydrogen (secondary N) is 1. The molecule has 2 aromatic rings. The fourth-order valence-electron chi connectivity index (χ4n) is 4.51. The maximum atomic E-state index is 13.6. The first kappa shape index (κ1) is 22.5. The van der Waals surface area contributed by atoms with Gasteiger partial charge in [0.25, 0.3) is 5.91 Å². The minimum atomic E-state index is -0.278. The first-order chi connectivity index (χ1) is 15.5. The molecule has 1 atom stereocenters. The summed E-state index contributed by atoms with van der Waals surface area (Å²) in [6.07, 6.45) is 1.51. The van der Waals surface area contributed by atoms with Crippen molar-refractivity contribution in [2.24, 2.45) is 5.73 Å². The predicted molar refractivity (Wildman–Crippen MR) is 123 cm³/mol. The smallest absolute Gasteiger partial charge is 0.254 e. The minimum absolute atomic E-state index is 0.0169. The zero-order valence-corrected chi connectivity index (χ0v) is 18.7. The Kier molecular flexibility index (Phi) is 6.89. The van der Waals surface area contributed by atoms with Gasteiger partial charge >= 0.3 is 0 Å². The number of hydrogen-bond acceptors (Lipinski definition) is 5. The molecule has 2 aliphatic heterocycles. The molecule has 0 aromatic heterocycles. The van der Waals surface area contributed by atoms with Crippen LogP contribution in [0.2, 0.25) is 0 Å². The second kappa shape index (κ2) is 9.81. The number of ether oxygens (including phenoxy) is 1. The zero-order chi connectivity index (χ0) is 22.7. The first-order valence-electron chi connectivity index (χ1n) is 11.2. The van der Waals surface area contributed by atoms with Crippen LogP contribution in [0.5, 0.6) is 0 Å². The van der Waals surface area contributed by atoms with Crippen molar-refractivity contribution >= 4 is 11.6 Å². The van der Waals surface area contributed by atoms with E-state index in [1.165, 1.54) is 17.7 Å². The molecule has 2 aromatic carbocycles. The lowest BCUT2D eigenvalue weighted by Crippen LogP contribution is -2.42. The lowest BCUT2D eigenvalue weighted by molar-refractivity contribution is 0.0708. The number of halogens is 1. The molecule has 32 heavy (non-hydrogen) atoms. The van der Waals surface area contributed by atoms with E-state index in [1.54, 1.807) is 6.07 Å². The van der Waals surface area contributed by atoms with Gasteiger partial charge in [0.05, 0.1) is 12.3 Å². The lowest BCUT2D eigenvalue weighted by Gasteiger charge is -2.26. The van der Waals surface area contributed by atoms with Crippen LogP contribution in [0.1, 0.15) is 40.4 Å². The molecule has 0 saturated carbocycles. The van der Waals surface area contributed by atoms with Gasteiger partial charge in [0, 0.05) is 44.9 Å². The van der Waals surface area contributed by atoms with Crippen LogP contribution in [0.15, 0.2) is 48.0 Å². The molecular weight excluding hydrogens is 407 g/mol. The van der Waals surface area contributed by atoms with Crippen LogP contribution in [0.4, 0.5) is 4.39 Å². The van der Waals surface area contributed by atoms with Gasteiger partial charge in [-0.25, -0.2) is 9.82 Å². The number of benzene rings is 2. The van der Waals surface area contributed by atoms with E-state index in [9.17, 15) is 9.18 Å². The van der Waals surface area contributed by atoms with Crippen molar-refractivity contribution < 1.29 is 13.9 Å². The van der Waals surface area contributed by atoms with Crippen molar-refractivity contribution in [1.29, 1.82) is 0 Å². The average Bonchev–Trinajstić information content (AvgIpc) is 3.31. The number of amides is 1. The summed E-state index contributed by atoms with van der Waals surface area (Å²) in [5.74, 6) is -0.294. The van der Waals surface area contributed by atoms with Gasteiger partial charge < -0.3 is 20.4 Å². The van der Waals surface area contributed by atoms with Crippen LogP contribution < -0.4 is 11.2 Å². The van der Waals surface area contributed by atoms with Gasteiger partial charge in [-0.1, -0.05) is 25.1 Å². The van der Waals surface area contributed by atoms with Crippen molar-refractivity contribution in [2.45, 2.75) is 32.4 Å². The fraction of sp³-hybridized carbons (Fsp3) is 0.400. The third-order valence-corrected chi connectivity index (χ3v) is 6.11. The summed E-state index contributed by atoms with van der Waals surface area (Å²) >= 11 is 0. The molecule has 0 aliphatic carbocycles. The van der Waals surface area contributed by atoms with E-state index in [-0.39, 0.29) is 17.8 Å². The third kappa shape index (κ3) is 4.55. The van der Waals surface area contributed by atoms with Gasteiger partial charge in [-0.2, -0.15) is 0 Å². The van der Waals surface area contributed by atoms with E-state index in [1.807, 2.05) is 35.2 Å². The SMILES string of the molecule is CCCOCC1=C(c2ccc3c(c2)CN([C@H](CN)Cc2cccc(F)c2)C3=O)N(C)NC1. The van der Waals surface area contributed by atoms with E-state index in [2.05, 4.69) is 18.4 Å². The highest BCUT2D eigenvalue weighted by atomic mass is 19.1. The predicted octanol–water partition coefficient (Wildman–Crippen LogP) is 2.94. The van der Waals surface area contributed by atoms with Crippen LogP contribution in [0, 0.1) is 5.82 Å². The van der Waals surface area contributed by atoms with Crippen molar-refractivity contribution in [3.63, 3.8) is 0 Å². The summed E-state index contributed by atoms with van der Waals surface area (Å²) in [5, 5.41) is 2.02. The summed E-state index contributed by atoms with van der Waals surface area (Å²) in [7, 11) is 2.00. The highest BCUT2D eigenvalue weighted by molar-refractivity contribution is 5.99. The van der Waals surface area contributed by atoms with E-state index in [0.717, 1.165) is 42.0 Å². The van der Waals surface area contributed by atoms with Crippen LogP contribution in [-0.2, 0) is 17.7 Å². The molecule has 6 nitrogen and oxygen atoms in total. The Labute approximate surface area is 188 Å². The third-order valence-electron chi connectivity index (χ3n) is 6.11. The zero-order valence-electron chi connectivity index (χ0n) is 18.7. The van der Waals surface area contributed by atoms with Gasteiger partial charge in [-0.05, 0) is 59.4 Å². The number of nitrogens with zero attached hydrogens (tertiary/aromatic N) is 2. The van der Waals surface area contributed by atoms with Gasteiger partial charge in [-0.3, -0.25) is 4.79 Å². The molecule has 0 spiro atoms. The maximum absolute atomic E-state index is 13.6. The number of rotatable bonds is 9. The highest BCUT2D eigenvalue weighted by Gasteiger charge is 2.33. The lowest BCUT2D eigenvalue weighted by atomic mass is 10.0. The van der Waals surface area contributed by atoms with Crippen molar-refractivity contribution in [3.05, 3.63) is 76.1 Å². The van der Waals surface area contributed by atoms with E-state index in [0.29, 0.717) is 31.7 Å². The standard InChI is InChI=1S/C25H31FN4O2/c1-3-9-32-16-20-14-28-29(2)24(20)18-7-8-23-19(12-18)15-30(25(23)31)22(13-27)11-17-5-4-6-21(26)10-17/h4-8,10,12,22,28H,3,9,11,13-16,27H2,1-2H3/t22-/m0/s1. The number of carbonyl (C=O) groups excluding carboxylic acids is 1.